The lowest BCUT2D eigenvalue weighted by atomic mass is 10.3. The van der Waals surface area contributed by atoms with Gasteiger partial charge in [0, 0.05) is 12.6 Å². The summed E-state index contributed by atoms with van der Waals surface area (Å²) < 4.78 is 1.05. The SMILES string of the molecule is CC(C)N(C)CC[N+](C)(C)C. The lowest BCUT2D eigenvalue weighted by Gasteiger charge is -2.28. The van der Waals surface area contributed by atoms with E-state index in [2.05, 4.69) is 46.9 Å². The maximum Gasteiger partial charge on any atom is 0.0909 e. The first-order valence-corrected chi connectivity index (χ1v) is 4.33. The molecule has 0 bridgehead atoms. The second-order valence-electron chi connectivity index (χ2n) is 4.59. The van der Waals surface area contributed by atoms with Crippen LogP contribution < -0.4 is 0 Å². The summed E-state index contributed by atoms with van der Waals surface area (Å²) >= 11 is 0. The van der Waals surface area contributed by atoms with Gasteiger partial charge in [-0.05, 0) is 20.9 Å². The third-order valence-electron chi connectivity index (χ3n) is 2.01. The highest BCUT2D eigenvalue weighted by Gasteiger charge is 2.09. The van der Waals surface area contributed by atoms with Gasteiger partial charge in [0.15, 0.2) is 0 Å². The van der Waals surface area contributed by atoms with Crippen molar-refractivity contribution in [3.8, 4) is 0 Å². The van der Waals surface area contributed by atoms with Crippen LogP contribution in [0.1, 0.15) is 13.8 Å². The number of quaternary nitrogens is 1. The van der Waals surface area contributed by atoms with Crippen LogP contribution in [0.4, 0.5) is 0 Å². The van der Waals surface area contributed by atoms with Crippen molar-refractivity contribution in [3.05, 3.63) is 0 Å². The zero-order chi connectivity index (χ0) is 9.07. The Balaban J connectivity index is 3.54. The smallest absolute Gasteiger partial charge is 0.0909 e. The highest BCUT2D eigenvalue weighted by atomic mass is 15.3. The summed E-state index contributed by atoms with van der Waals surface area (Å²) in [7, 11) is 8.87. The molecule has 0 aliphatic carbocycles. The van der Waals surface area contributed by atoms with Crippen molar-refractivity contribution in [2.75, 3.05) is 41.3 Å². The molecule has 2 nitrogen and oxygen atoms in total. The highest BCUT2D eigenvalue weighted by Crippen LogP contribution is 1.95. The fourth-order valence-electron chi connectivity index (χ4n) is 0.716. The second-order valence-corrected chi connectivity index (χ2v) is 4.59. The van der Waals surface area contributed by atoms with E-state index in [-0.39, 0.29) is 0 Å². The van der Waals surface area contributed by atoms with Crippen molar-refractivity contribution in [2.45, 2.75) is 19.9 Å². The van der Waals surface area contributed by atoms with Gasteiger partial charge >= 0.3 is 0 Å². The zero-order valence-corrected chi connectivity index (χ0v) is 8.89. The van der Waals surface area contributed by atoms with Gasteiger partial charge in [0.2, 0.25) is 0 Å². The van der Waals surface area contributed by atoms with Crippen LogP contribution >= 0.6 is 0 Å². The van der Waals surface area contributed by atoms with Crippen LogP contribution in [0.2, 0.25) is 0 Å². The summed E-state index contributed by atoms with van der Waals surface area (Å²) in [6.45, 7) is 6.86. The monoisotopic (exact) mass is 159 g/mol. The number of hydrogen-bond acceptors (Lipinski definition) is 1. The van der Waals surface area contributed by atoms with E-state index >= 15 is 0 Å². The largest absolute Gasteiger partial charge is 0.330 e. The average Bonchev–Trinajstić information content (AvgIpc) is 1.80. The molecule has 0 saturated heterocycles. The minimum atomic E-state index is 0.668. The van der Waals surface area contributed by atoms with E-state index < -0.39 is 0 Å². The maximum absolute atomic E-state index is 2.38. The molecule has 2 heteroatoms. The van der Waals surface area contributed by atoms with Crippen LogP contribution in [0.3, 0.4) is 0 Å². The number of nitrogens with zero attached hydrogens (tertiary/aromatic N) is 2. The van der Waals surface area contributed by atoms with Gasteiger partial charge in [-0.15, -0.1) is 0 Å². The number of rotatable bonds is 4. The summed E-state index contributed by atoms with van der Waals surface area (Å²) in [5.74, 6) is 0. The van der Waals surface area contributed by atoms with Gasteiger partial charge in [-0.2, -0.15) is 0 Å². The molecule has 0 aromatic rings. The van der Waals surface area contributed by atoms with Crippen molar-refractivity contribution in [1.82, 2.24) is 4.90 Å². The average molecular weight is 159 g/mol. The van der Waals surface area contributed by atoms with Crippen LogP contribution in [0, 0.1) is 0 Å². The highest BCUT2D eigenvalue weighted by molar-refractivity contribution is 4.54. The predicted molar refractivity (Wildman–Crippen MR) is 50.7 cm³/mol. The Morgan fingerprint density at radius 2 is 1.64 bits per heavy atom. The Morgan fingerprint density at radius 1 is 1.18 bits per heavy atom. The molecule has 0 rings (SSSR count). The lowest BCUT2D eigenvalue weighted by molar-refractivity contribution is -0.869. The Hall–Kier alpha value is -0.0800. The van der Waals surface area contributed by atoms with Gasteiger partial charge in [-0.3, -0.25) is 4.90 Å². The van der Waals surface area contributed by atoms with Gasteiger partial charge in [0.05, 0.1) is 27.7 Å². The van der Waals surface area contributed by atoms with E-state index in [4.69, 9.17) is 0 Å². The van der Waals surface area contributed by atoms with Crippen molar-refractivity contribution >= 4 is 0 Å². The fraction of sp³-hybridized carbons (Fsp3) is 1.00. The van der Waals surface area contributed by atoms with Gasteiger partial charge < -0.3 is 4.48 Å². The molecule has 0 saturated carbocycles. The molecule has 0 unspecified atom stereocenters. The first kappa shape index (κ1) is 10.9. The normalized spacial score (nSPS) is 13.1. The molecule has 0 aliphatic rings. The summed E-state index contributed by atoms with van der Waals surface area (Å²) in [5, 5.41) is 0. The van der Waals surface area contributed by atoms with E-state index in [9.17, 15) is 0 Å². The third-order valence-corrected chi connectivity index (χ3v) is 2.01. The van der Waals surface area contributed by atoms with Crippen LogP contribution in [-0.2, 0) is 0 Å². The minimum absolute atomic E-state index is 0.668. The third kappa shape index (κ3) is 6.32. The summed E-state index contributed by atoms with van der Waals surface area (Å²) in [4.78, 5) is 2.38. The Kier molecular flexibility index (Phi) is 4.04. The van der Waals surface area contributed by atoms with E-state index in [1.54, 1.807) is 0 Å². The first-order chi connectivity index (χ1) is 4.83. The van der Waals surface area contributed by atoms with Crippen LogP contribution in [0.15, 0.2) is 0 Å². The fourth-order valence-corrected chi connectivity index (χ4v) is 0.716. The molecule has 0 aromatic heterocycles. The Labute approximate surface area is 71.4 Å². The van der Waals surface area contributed by atoms with E-state index in [0.717, 1.165) is 4.48 Å². The Bertz CT molecular complexity index is 103. The van der Waals surface area contributed by atoms with Crippen LogP contribution in [0.5, 0.6) is 0 Å². The number of likely N-dealkylation sites (N-methyl/N-ethyl adjacent to an activating group) is 2. The van der Waals surface area contributed by atoms with E-state index in [1.165, 1.54) is 13.1 Å². The van der Waals surface area contributed by atoms with Crippen molar-refractivity contribution < 1.29 is 4.48 Å². The minimum Gasteiger partial charge on any atom is -0.330 e. The number of hydrogen-bond donors (Lipinski definition) is 0. The molecule has 0 atom stereocenters. The maximum atomic E-state index is 2.38. The molecule has 0 fully saturated rings. The summed E-state index contributed by atoms with van der Waals surface area (Å²) in [6, 6.07) is 0.668. The Morgan fingerprint density at radius 3 is 1.91 bits per heavy atom. The standard InChI is InChI=1S/C9H23N2/c1-9(2)10(3)7-8-11(4,5)6/h9H,7-8H2,1-6H3/q+1. The van der Waals surface area contributed by atoms with Gasteiger partial charge in [-0.25, -0.2) is 0 Å². The molecular weight excluding hydrogens is 136 g/mol. The van der Waals surface area contributed by atoms with Gasteiger partial charge in [-0.1, -0.05) is 0 Å². The molecular formula is C9H23N2+. The molecule has 0 N–H and O–H groups in total. The molecule has 0 aliphatic heterocycles. The zero-order valence-electron chi connectivity index (χ0n) is 8.89. The van der Waals surface area contributed by atoms with Gasteiger partial charge in [0.1, 0.15) is 0 Å². The molecule has 0 spiro atoms. The predicted octanol–water partition coefficient (Wildman–Crippen LogP) is 1.03. The van der Waals surface area contributed by atoms with Crippen LogP contribution in [0.25, 0.3) is 0 Å². The molecule has 0 heterocycles. The van der Waals surface area contributed by atoms with Crippen molar-refractivity contribution in [3.63, 3.8) is 0 Å². The summed E-state index contributed by atoms with van der Waals surface area (Å²) in [6.07, 6.45) is 0. The molecule has 68 valence electrons. The van der Waals surface area contributed by atoms with Gasteiger partial charge in [0.25, 0.3) is 0 Å². The molecule has 0 aromatic carbocycles. The van der Waals surface area contributed by atoms with Crippen molar-refractivity contribution in [1.29, 1.82) is 0 Å². The molecule has 0 amide bonds. The molecule has 0 radical (unpaired) electrons. The lowest BCUT2D eigenvalue weighted by Crippen LogP contribution is -2.42. The first-order valence-electron chi connectivity index (χ1n) is 4.33. The topological polar surface area (TPSA) is 3.24 Å². The van der Waals surface area contributed by atoms with E-state index in [1.807, 2.05) is 0 Å². The molecule has 11 heavy (non-hydrogen) atoms. The summed E-state index contributed by atoms with van der Waals surface area (Å²) in [5.41, 5.74) is 0. The van der Waals surface area contributed by atoms with E-state index in [0.29, 0.717) is 6.04 Å². The second kappa shape index (κ2) is 4.07. The van der Waals surface area contributed by atoms with Crippen LogP contribution in [-0.4, -0.2) is 56.7 Å². The van der Waals surface area contributed by atoms with Crippen molar-refractivity contribution in [2.24, 2.45) is 0 Å². The quantitative estimate of drug-likeness (QED) is 0.554.